The van der Waals surface area contributed by atoms with Crippen molar-refractivity contribution in [2.45, 2.75) is 32.2 Å². The number of ether oxygens (including phenoxy) is 1. The Labute approximate surface area is 172 Å². The molecule has 1 aromatic carbocycles. The summed E-state index contributed by atoms with van der Waals surface area (Å²) in [5.74, 6) is 1.59. The SMILES string of the molecule is COc1ncccc1CN1CCC(CCc2sccc2-c2ccccc2)CC1. The molecule has 3 heterocycles. The van der Waals surface area contributed by atoms with Gasteiger partial charge in [-0.15, -0.1) is 11.3 Å². The number of hydrogen-bond acceptors (Lipinski definition) is 4. The average molecular weight is 393 g/mol. The number of aromatic nitrogens is 1. The van der Waals surface area contributed by atoms with Gasteiger partial charge in [0.2, 0.25) is 5.88 Å². The lowest BCUT2D eigenvalue weighted by Gasteiger charge is -2.32. The first-order valence-corrected chi connectivity index (χ1v) is 11.0. The molecule has 1 fully saturated rings. The lowest BCUT2D eigenvalue weighted by atomic mass is 9.91. The zero-order valence-corrected chi connectivity index (χ0v) is 17.3. The van der Waals surface area contributed by atoms with Gasteiger partial charge < -0.3 is 4.74 Å². The van der Waals surface area contributed by atoms with Gasteiger partial charge >= 0.3 is 0 Å². The Morgan fingerprint density at radius 2 is 1.89 bits per heavy atom. The van der Waals surface area contributed by atoms with Gasteiger partial charge in [0.05, 0.1) is 7.11 Å². The minimum atomic E-state index is 0.760. The van der Waals surface area contributed by atoms with Crippen LogP contribution in [0.1, 0.15) is 29.7 Å². The summed E-state index contributed by atoms with van der Waals surface area (Å²) in [6, 6.07) is 17.2. The summed E-state index contributed by atoms with van der Waals surface area (Å²) < 4.78 is 5.40. The summed E-state index contributed by atoms with van der Waals surface area (Å²) in [7, 11) is 1.70. The van der Waals surface area contributed by atoms with Crippen LogP contribution in [0.5, 0.6) is 5.88 Å². The highest BCUT2D eigenvalue weighted by molar-refractivity contribution is 7.10. The van der Waals surface area contributed by atoms with Crippen molar-refractivity contribution >= 4 is 11.3 Å². The molecule has 0 saturated carbocycles. The van der Waals surface area contributed by atoms with Gasteiger partial charge in [-0.1, -0.05) is 36.4 Å². The molecular formula is C24H28N2OS. The maximum atomic E-state index is 5.40. The van der Waals surface area contributed by atoms with Gasteiger partial charge in [0.1, 0.15) is 0 Å². The molecule has 0 spiro atoms. The topological polar surface area (TPSA) is 25.4 Å². The smallest absolute Gasteiger partial charge is 0.217 e. The van der Waals surface area contributed by atoms with E-state index in [1.165, 1.54) is 60.3 Å². The molecule has 3 aromatic rings. The van der Waals surface area contributed by atoms with Crippen LogP contribution in [0, 0.1) is 5.92 Å². The fraction of sp³-hybridized carbons (Fsp3) is 0.375. The van der Waals surface area contributed by atoms with Crippen LogP contribution in [0.25, 0.3) is 11.1 Å². The van der Waals surface area contributed by atoms with Crippen molar-refractivity contribution in [2.24, 2.45) is 5.92 Å². The molecule has 4 rings (SSSR count). The highest BCUT2D eigenvalue weighted by Crippen LogP contribution is 2.32. The normalized spacial score (nSPS) is 15.6. The zero-order chi connectivity index (χ0) is 19.2. The Balaban J connectivity index is 1.28. The van der Waals surface area contributed by atoms with Crippen LogP contribution in [0.3, 0.4) is 0 Å². The monoisotopic (exact) mass is 392 g/mol. The molecule has 0 unspecified atom stereocenters. The highest BCUT2D eigenvalue weighted by Gasteiger charge is 2.21. The standard InChI is InChI=1S/C24H28N2OS/c1-27-24-21(8-5-14-25-24)18-26-15-11-19(12-16-26)9-10-23-22(13-17-28-23)20-6-3-2-4-7-20/h2-8,13-14,17,19H,9-12,15-16,18H2,1H3. The fourth-order valence-corrected chi connectivity index (χ4v) is 5.06. The van der Waals surface area contributed by atoms with E-state index >= 15 is 0 Å². The van der Waals surface area contributed by atoms with Crippen molar-refractivity contribution in [3.8, 4) is 17.0 Å². The van der Waals surface area contributed by atoms with Crippen LogP contribution >= 0.6 is 11.3 Å². The summed E-state index contributed by atoms with van der Waals surface area (Å²) in [6.07, 6.45) is 6.86. The Morgan fingerprint density at radius 3 is 2.68 bits per heavy atom. The molecule has 2 aromatic heterocycles. The minimum absolute atomic E-state index is 0.760. The van der Waals surface area contributed by atoms with Crippen LogP contribution < -0.4 is 4.74 Å². The third-order valence-electron chi connectivity index (χ3n) is 5.75. The summed E-state index contributed by atoms with van der Waals surface area (Å²) >= 11 is 1.91. The molecule has 4 heteroatoms. The Bertz CT molecular complexity index is 869. The second-order valence-electron chi connectivity index (χ2n) is 7.55. The highest BCUT2D eigenvalue weighted by atomic mass is 32.1. The summed E-state index contributed by atoms with van der Waals surface area (Å²) in [6.45, 7) is 3.27. The molecule has 1 aliphatic rings. The van der Waals surface area contributed by atoms with Crippen LogP contribution in [-0.2, 0) is 13.0 Å². The number of aryl methyl sites for hydroxylation is 1. The lowest BCUT2D eigenvalue weighted by Crippen LogP contribution is -2.33. The number of nitrogens with zero attached hydrogens (tertiary/aromatic N) is 2. The molecule has 0 atom stereocenters. The third-order valence-corrected chi connectivity index (χ3v) is 6.73. The van der Waals surface area contributed by atoms with E-state index in [-0.39, 0.29) is 0 Å². The van der Waals surface area contributed by atoms with Crippen molar-refractivity contribution in [2.75, 3.05) is 20.2 Å². The maximum Gasteiger partial charge on any atom is 0.217 e. The van der Waals surface area contributed by atoms with Gasteiger partial charge in [-0.25, -0.2) is 4.98 Å². The number of methoxy groups -OCH3 is 1. The third kappa shape index (κ3) is 4.62. The Kier molecular flexibility index (Phi) is 6.40. The average Bonchev–Trinajstić information content (AvgIpc) is 3.23. The van der Waals surface area contributed by atoms with Crippen LogP contribution in [0.2, 0.25) is 0 Å². The molecule has 1 saturated heterocycles. The zero-order valence-electron chi connectivity index (χ0n) is 16.5. The first-order chi connectivity index (χ1) is 13.8. The van der Waals surface area contributed by atoms with Gasteiger partial charge in [0, 0.05) is 23.2 Å². The van der Waals surface area contributed by atoms with E-state index in [2.05, 4.69) is 57.7 Å². The summed E-state index contributed by atoms with van der Waals surface area (Å²) in [4.78, 5) is 8.40. The van der Waals surface area contributed by atoms with Crippen molar-refractivity contribution in [1.82, 2.24) is 9.88 Å². The van der Waals surface area contributed by atoms with E-state index in [9.17, 15) is 0 Å². The second-order valence-corrected chi connectivity index (χ2v) is 8.55. The molecule has 0 radical (unpaired) electrons. The molecule has 0 N–H and O–H groups in total. The van der Waals surface area contributed by atoms with Crippen molar-refractivity contribution < 1.29 is 4.74 Å². The predicted octanol–water partition coefficient (Wildman–Crippen LogP) is 5.66. The fourth-order valence-electron chi connectivity index (χ4n) is 4.15. The molecule has 0 bridgehead atoms. The van der Waals surface area contributed by atoms with E-state index in [1.807, 2.05) is 17.4 Å². The molecule has 28 heavy (non-hydrogen) atoms. The number of benzene rings is 1. The van der Waals surface area contributed by atoms with E-state index in [4.69, 9.17) is 4.74 Å². The molecule has 0 aliphatic carbocycles. The molecule has 0 amide bonds. The number of pyridine rings is 1. The van der Waals surface area contributed by atoms with Crippen LogP contribution in [0.4, 0.5) is 0 Å². The van der Waals surface area contributed by atoms with Gasteiger partial charge in [-0.05, 0) is 73.3 Å². The number of piperidine rings is 1. The van der Waals surface area contributed by atoms with Crippen molar-refractivity contribution in [3.05, 3.63) is 70.5 Å². The maximum absolute atomic E-state index is 5.40. The summed E-state index contributed by atoms with van der Waals surface area (Å²) in [5, 5.41) is 2.24. The predicted molar refractivity (Wildman–Crippen MR) is 117 cm³/mol. The number of thiophene rings is 1. The Morgan fingerprint density at radius 1 is 1.07 bits per heavy atom. The molecule has 1 aliphatic heterocycles. The Hall–Kier alpha value is -2.17. The minimum Gasteiger partial charge on any atom is -0.481 e. The van der Waals surface area contributed by atoms with Crippen LogP contribution in [-0.4, -0.2) is 30.1 Å². The largest absolute Gasteiger partial charge is 0.481 e. The number of likely N-dealkylation sites (tertiary alicyclic amines) is 1. The quantitative estimate of drug-likeness (QED) is 0.518. The van der Waals surface area contributed by atoms with Gasteiger partial charge in [0.15, 0.2) is 0 Å². The number of hydrogen-bond donors (Lipinski definition) is 0. The van der Waals surface area contributed by atoms with E-state index in [1.54, 1.807) is 13.3 Å². The molecular weight excluding hydrogens is 364 g/mol. The van der Waals surface area contributed by atoms with E-state index in [0.717, 1.165) is 18.3 Å². The van der Waals surface area contributed by atoms with Gasteiger partial charge in [-0.2, -0.15) is 0 Å². The first-order valence-electron chi connectivity index (χ1n) is 10.2. The molecule has 3 nitrogen and oxygen atoms in total. The van der Waals surface area contributed by atoms with Gasteiger partial charge in [0.25, 0.3) is 0 Å². The van der Waals surface area contributed by atoms with Crippen LogP contribution in [0.15, 0.2) is 60.1 Å². The second kappa shape index (κ2) is 9.35. The van der Waals surface area contributed by atoms with E-state index < -0.39 is 0 Å². The van der Waals surface area contributed by atoms with Crippen molar-refractivity contribution in [3.63, 3.8) is 0 Å². The number of rotatable bonds is 7. The van der Waals surface area contributed by atoms with Crippen molar-refractivity contribution in [1.29, 1.82) is 0 Å². The van der Waals surface area contributed by atoms with E-state index in [0.29, 0.717) is 0 Å². The summed E-state index contributed by atoms with van der Waals surface area (Å²) in [5.41, 5.74) is 3.96. The first kappa shape index (κ1) is 19.2. The van der Waals surface area contributed by atoms with Gasteiger partial charge in [-0.3, -0.25) is 4.90 Å². The lowest BCUT2D eigenvalue weighted by molar-refractivity contribution is 0.170. The molecule has 146 valence electrons.